The Kier molecular flexibility index (Phi) is 8.07. The quantitative estimate of drug-likeness (QED) is 0.361. The van der Waals surface area contributed by atoms with Gasteiger partial charge in [0.15, 0.2) is 0 Å². The summed E-state index contributed by atoms with van der Waals surface area (Å²) in [6, 6.07) is 6.49. The van der Waals surface area contributed by atoms with Crippen molar-refractivity contribution in [2.75, 3.05) is 6.61 Å². The van der Waals surface area contributed by atoms with E-state index in [1.54, 1.807) is 12.1 Å². The zero-order valence-electron chi connectivity index (χ0n) is 14.0. The lowest BCUT2D eigenvalue weighted by Crippen LogP contribution is -2.10. The molecule has 0 aliphatic carbocycles. The van der Waals surface area contributed by atoms with Gasteiger partial charge in [0.1, 0.15) is 0 Å². The Labute approximate surface area is 134 Å². The maximum Gasteiger partial charge on any atom is 0.323 e. The van der Waals surface area contributed by atoms with Gasteiger partial charge in [-0.1, -0.05) is 57.7 Å². The van der Waals surface area contributed by atoms with E-state index in [0.717, 1.165) is 24.3 Å². The van der Waals surface area contributed by atoms with Gasteiger partial charge in [0, 0.05) is 0 Å². The molecule has 1 rings (SSSR count). The molecule has 126 valence electrons. The standard InChI is InChI=1S/C17H28O4S/c1-14(2)6-5-7-15(3)12-13-20-21-22(18,19)17-10-8-16(4)9-11-17/h8-11,14-15H,5-7,12-13H2,1-4H3. The second kappa shape index (κ2) is 9.28. The highest BCUT2D eigenvalue weighted by Gasteiger charge is 2.16. The molecule has 0 amide bonds. The molecule has 4 nitrogen and oxygen atoms in total. The number of hydrogen-bond acceptors (Lipinski definition) is 4. The molecule has 0 fully saturated rings. The SMILES string of the molecule is Cc1ccc(S(=O)(=O)OOCCC(C)CCCC(C)C)cc1. The van der Waals surface area contributed by atoms with Gasteiger partial charge in [-0.25, -0.2) is 4.89 Å². The fourth-order valence-corrected chi connectivity index (χ4v) is 2.85. The highest BCUT2D eigenvalue weighted by atomic mass is 32.2. The normalized spacial score (nSPS) is 13.5. The van der Waals surface area contributed by atoms with Crippen LogP contribution < -0.4 is 0 Å². The van der Waals surface area contributed by atoms with Crippen molar-refractivity contribution in [3.8, 4) is 0 Å². The van der Waals surface area contributed by atoms with Gasteiger partial charge in [-0.05, 0) is 37.3 Å². The van der Waals surface area contributed by atoms with Crippen LogP contribution in [0.4, 0.5) is 0 Å². The van der Waals surface area contributed by atoms with Gasteiger partial charge in [0.25, 0.3) is 0 Å². The summed E-state index contributed by atoms with van der Waals surface area (Å²) in [5, 5.41) is 0. The first-order chi connectivity index (χ1) is 10.3. The zero-order chi connectivity index (χ0) is 16.6. The summed E-state index contributed by atoms with van der Waals surface area (Å²) in [7, 11) is -3.83. The van der Waals surface area contributed by atoms with Gasteiger partial charge >= 0.3 is 10.1 Å². The van der Waals surface area contributed by atoms with E-state index >= 15 is 0 Å². The lowest BCUT2D eigenvalue weighted by Gasteiger charge is -2.12. The van der Waals surface area contributed by atoms with Crippen molar-refractivity contribution in [2.24, 2.45) is 11.8 Å². The molecule has 1 aromatic carbocycles. The van der Waals surface area contributed by atoms with E-state index in [-0.39, 0.29) is 11.5 Å². The summed E-state index contributed by atoms with van der Waals surface area (Å²) in [5.74, 6) is 1.23. The minimum atomic E-state index is -3.83. The van der Waals surface area contributed by atoms with Gasteiger partial charge < -0.3 is 0 Å². The molecule has 0 aromatic heterocycles. The van der Waals surface area contributed by atoms with E-state index < -0.39 is 10.1 Å². The fourth-order valence-electron chi connectivity index (χ4n) is 2.11. The maximum absolute atomic E-state index is 11.9. The minimum absolute atomic E-state index is 0.114. The van der Waals surface area contributed by atoms with Gasteiger partial charge in [-0.2, -0.15) is 8.42 Å². The topological polar surface area (TPSA) is 52.6 Å². The molecular formula is C17H28O4S. The summed E-state index contributed by atoms with van der Waals surface area (Å²) >= 11 is 0. The van der Waals surface area contributed by atoms with Crippen molar-refractivity contribution < 1.29 is 17.6 Å². The number of aryl methyl sites for hydroxylation is 1. The van der Waals surface area contributed by atoms with Gasteiger partial charge in [-0.15, -0.1) is 4.33 Å². The van der Waals surface area contributed by atoms with Crippen molar-refractivity contribution in [3.05, 3.63) is 29.8 Å². The molecule has 0 saturated carbocycles. The first-order valence-electron chi connectivity index (χ1n) is 7.94. The summed E-state index contributed by atoms with van der Waals surface area (Å²) in [5.41, 5.74) is 0.995. The molecule has 0 radical (unpaired) electrons. The van der Waals surface area contributed by atoms with Crippen molar-refractivity contribution >= 4 is 10.1 Å². The summed E-state index contributed by atoms with van der Waals surface area (Å²) in [4.78, 5) is 5.01. The number of rotatable bonds is 10. The van der Waals surface area contributed by atoms with E-state index in [9.17, 15) is 8.42 Å². The minimum Gasteiger partial charge on any atom is -0.220 e. The molecule has 1 aromatic rings. The molecule has 0 aliphatic rings. The molecule has 1 unspecified atom stereocenters. The van der Waals surface area contributed by atoms with Crippen LogP contribution in [-0.2, 0) is 19.3 Å². The third kappa shape index (κ3) is 7.38. The molecule has 0 saturated heterocycles. The zero-order valence-corrected chi connectivity index (χ0v) is 14.9. The molecule has 0 heterocycles. The van der Waals surface area contributed by atoms with Crippen LogP contribution in [0.3, 0.4) is 0 Å². The van der Waals surface area contributed by atoms with Crippen LogP contribution in [0.2, 0.25) is 0 Å². The van der Waals surface area contributed by atoms with Crippen LogP contribution in [0.1, 0.15) is 52.0 Å². The van der Waals surface area contributed by atoms with Crippen molar-refractivity contribution in [1.29, 1.82) is 0 Å². The van der Waals surface area contributed by atoms with Crippen LogP contribution in [0.5, 0.6) is 0 Å². The Morgan fingerprint density at radius 2 is 1.64 bits per heavy atom. The Morgan fingerprint density at radius 3 is 2.23 bits per heavy atom. The van der Waals surface area contributed by atoms with E-state index in [0.29, 0.717) is 5.92 Å². The number of hydrogen-bond donors (Lipinski definition) is 0. The second-order valence-electron chi connectivity index (χ2n) is 6.38. The molecule has 22 heavy (non-hydrogen) atoms. The van der Waals surface area contributed by atoms with Crippen LogP contribution in [0, 0.1) is 18.8 Å². The lowest BCUT2D eigenvalue weighted by molar-refractivity contribution is -0.203. The third-order valence-corrected chi connectivity index (χ3v) is 4.74. The lowest BCUT2D eigenvalue weighted by atomic mass is 9.98. The van der Waals surface area contributed by atoms with Crippen LogP contribution in [0.15, 0.2) is 29.2 Å². The monoisotopic (exact) mass is 328 g/mol. The molecule has 0 aliphatic heterocycles. The smallest absolute Gasteiger partial charge is 0.220 e. The van der Waals surface area contributed by atoms with Crippen LogP contribution in [0.25, 0.3) is 0 Å². The van der Waals surface area contributed by atoms with E-state index in [4.69, 9.17) is 4.89 Å². The Bertz CT molecular complexity index is 520. The fraction of sp³-hybridized carbons (Fsp3) is 0.647. The first kappa shape index (κ1) is 19.1. The Balaban J connectivity index is 2.27. The molecule has 0 N–H and O–H groups in total. The predicted molar refractivity (Wildman–Crippen MR) is 87.9 cm³/mol. The molecule has 0 bridgehead atoms. The van der Waals surface area contributed by atoms with Crippen molar-refractivity contribution in [3.63, 3.8) is 0 Å². The van der Waals surface area contributed by atoms with Crippen molar-refractivity contribution in [2.45, 2.75) is 58.3 Å². The largest absolute Gasteiger partial charge is 0.323 e. The summed E-state index contributed by atoms with van der Waals surface area (Å²) < 4.78 is 28.4. The molecule has 1 atom stereocenters. The third-order valence-electron chi connectivity index (χ3n) is 3.62. The average molecular weight is 328 g/mol. The van der Waals surface area contributed by atoms with E-state index in [2.05, 4.69) is 25.1 Å². The van der Waals surface area contributed by atoms with Crippen LogP contribution in [-0.4, -0.2) is 15.0 Å². The van der Waals surface area contributed by atoms with Crippen LogP contribution >= 0.6 is 0 Å². The van der Waals surface area contributed by atoms with Crippen molar-refractivity contribution in [1.82, 2.24) is 0 Å². The Hall–Kier alpha value is -0.910. The van der Waals surface area contributed by atoms with E-state index in [1.165, 1.54) is 25.0 Å². The molecule has 0 spiro atoms. The summed E-state index contributed by atoms with van der Waals surface area (Å²) in [6.45, 7) is 8.77. The average Bonchev–Trinajstić information content (AvgIpc) is 2.44. The molecule has 5 heteroatoms. The number of benzene rings is 1. The highest BCUT2D eigenvalue weighted by molar-refractivity contribution is 7.86. The highest BCUT2D eigenvalue weighted by Crippen LogP contribution is 2.17. The van der Waals surface area contributed by atoms with Gasteiger partial charge in [-0.3, -0.25) is 0 Å². The van der Waals surface area contributed by atoms with Gasteiger partial charge in [0.05, 0.1) is 11.5 Å². The first-order valence-corrected chi connectivity index (χ1v) is 9.35. The predicted octanol–water partition coefficient (Wildman–Crippen LogP) is 4.48. The summed E-state index contributed by atoms with van der Waals surface area (Å²) in [6.07, 6.45) is 4.35. The van der Waals surface area contributed by atoms with Gasteiger partial charge in [0.2, 0.25) is 0 Å². The Morgan fingerprint density at radius 1 is 1.00 bits per heavy atom. The molecular weight excluding hydrogens is 300 g/mol. The maximum atomic E-state index is 11.9. The second-order valence-corrected chi connectivity index (χ2v) is 7.89. The van der Waals surface area contributed by atoms with E-state index in [1.807, 2.05) is 6.92 Å².